The highest BCUT2D eigenvalue weighted by molar-refractivity contribution is 9.10. The summed E-state index contributed by atoms with van der Waals surface area (Å²) in [6.45, 7) is 0.255. The Labute approximate surface area is 107 Å². The van der Waals surface area contributed by atoms with E-state index in [1.54, 1.807) is 30.3 Å². The number of hydrogen-bond acceptors (Lipinski definition) is 1. The molecule has 0 fully saturated rings. The molecular weight excluding hydrogens is 288 g/mol. The molecule has 0 aliphatic rings. The summed E-state index contributed by atoms with van der Waals surface area (Å²) in [7, 11) is 0. The summed E-state index contributed by atoms with van der Waals surface area (Å²) in [6, 6.07) is 11.1. The van der Waals surface area contributed by atoms with Crippen LogP contribution in [0.5, 0.6) is 0 Å². The standard InChI is InChI=1S/C13H10BrF2N/c14-10-5-6-13(12(16)7-10)17-8-9-3-1-2-4-11(9)15/h1-7,17H,8H2. The molecule has 1 nitrogen and oxygen atoms in total. The van der Waals surface area contributed by atoms with Crippen molar-refractivity contribution in [2.24, 2.45) is 0 Å². The highest BCUT2D eigenvalue weighted by Crippen LogP contribution is 2.20. The Bertz CT molecular complexity index is 529. The number of hydrogen-bond donors (Lipinski definition) is 1. The van der Waals surface area contributed by atoms with Gasteiger partial charge in [0.1, 0.15) is 11.6 Å². The van der Waals surface area contributed by atoms with E-state index in [9.17, 15) is 8.78 Å². The quantitative estimate of drug-likeness (QED) is 0.889. The predicted molar refractivity (Wildman–Crippen MR) is 67.8 cm³/mol. The number of anilines is 1. The number of halogens is 3. The first kappa shape index (κ1) is 12.0. The summed E-state index contributed by atoms with van der Waals surface area (Å²) < 4.78 is 27.5. The lowest BCUT2D eigenvalue weighted by molar-refractivity contribution is 0.610. The Morgan fingerprint density at radius 2 is 1.76 bits per heavy atom. The molecule has 0 aliphatic carbocycles. The molecule has 0 amide bonds. The minimum absolute atomic E-state index is 0.255. The van der Waals surface area contributed by atoms with Crippen molar-refractivity contribution in [1.29, 1.82) is 0 Å². The summed E-state index contributed by atoms with van der Waals surface area (Å²) >= 11 is 3.18. The summed E-state index contributed by atoms with van der Waals surface area (Å²) in [5.41, 5.74) is 0.867. The largest absolute Gasteiger partial charge is 0.378 e. The molecular formula is C13H10BrF2N. The third kappa shape index (κ3) is 3.03. The SMILES string of the molecule is Fc1ccccc1CNc1ccc(Br)cc1F. The molecule has 0 bridgehead atoms. The van der Waals surface area contributed by atoms with Crippen LogP contribution in [-0.2, 0) is 6.54 Å². The molecule has 4 heteroatoms. The molecule has 2 aromatic rings. The normalized spacial score (nSPS) is 10.3. The van der Waals surface area contributed by atoms with Crippen molar-refractivity contribution in [2.75, 3.05) is 5.32 Å². The molecule has 2 aromatic carbocycles. The third-order valence-electron chi connectivity index (χ3n) is 2.36. The second kappa shape index (κ2) is 5.27. The molecule has 0 atom stereocenters. The fraction of sp³-hybridized carbons (Fsp3) is 0.0769. The van der Waals surface area contributed by atoms with Crippen LogP contribution in [0.2, 0.25) is 0 Å². The van der Waals surface area contributed by atoms with Gasteiger partial charge in [0.25, 0.3) is 0 Å². The Morgan fingerprint density at radius 1 is 1.00 bits per heavy atom. The molecule has 0 saturated heterocycles. The zero-order valence-electron chi connectivity index (χ0n) is 8.88. The van der Waals surface area contributed by atoms with Crippen molar-refractivity contribution >= 4 is 21.6 Å². The van der Waals surface area contributed by atoms with Crippen molar-refractivity contribution in [3.63, 3.8) is 0 Å². The van der Waals surface area contributed by atoms with E-state index in [2.05, 4.69) is 21.2 Å². The molecule has 0 spiro atoms. The van der Waals surface area contributed by atoms with Crippen LogP contribution < -0.4 is 5.32 Å². The van der Waals surface area contributed by atoms with Gasteiger partial charge in [0.15, 0.2) is 0 Å². The van der Waals surface area contributed by atoms with E-state index in [1.165, 1.54) is 12.1 Å². The second-order valence-corrected chi connectivity index (χ2v) is 4.48. The zero-order valence-corrected chi connectivity index (χ0v) is 10.5. The van der Waals surface area contributed by atoms with Crippen LogP contribution >= 0.6 is 15.9 Å². The van der Waals surface area contributed by atoms with Crippen LogP contribution in [-0.4, -0.2) is 0 Å². The van der Waals surface area contributed by atoms with Gasteiger partial charge in [-0.15, -0.1) is 0 Å². The lowest BCUT2D eigenvalue weighted by Crippen LogP contribution is -2.03. The highest BCUT2D eigenvalue weighted by Gasteiger charge is 2.04. The molecule has 0 saturated carbocycles. The van der Waals surface area contributed by atoms with Gasteiger partial charge in [-0.1, -0.05) is 34.1 Å². The van der Waals surface area contributed by atoms with E-state index >= 15 is 0 Å². The molecule has 1 N–H and O–H groups in total. The smallest absolute Gasteiger partial charge is 0.147 e. The number of nitrogens with one attached hydrogen (secondary N) is 1. The topological polar surface area (TPSA) is 12.0 Å². The van der Waals surface area contributed by atoms with Gasteiger partial charge in [-0.05, 0) is 24.3 Å². The minimum Gasteiger partial charge on any atom is -0.378 e. The monoisotopic (exact) mass is 297 g/mol. The Kier molecular flexibility index (Phi) is 3.74. The highest BCUT2D eigenvalue weighted by atomic mass is 79.9. The van der Waals surface area contributed by atoms with Crippen molar-refractivity contribution < 1.29 is 8.78 Å². The van der Waals surface area contributed by atoms with E-state index in [-0.39, 0.29) is 18.2 Å². The molecule has 0 aromatic heterocycles. The van der Waals surface area contributed by atoms with Gasteiger partial charge in [-0.3, -0.25) is 0 Å². The maximum absolute atomic E-state index is 13.5. The first-order valence-corrected chi connectivity index (χ1v) is 5.88. The lowest BCUT2D eigenvalue weighted by atomic mass is 10.2. The molecule has 0 heterocycles. The molecule has 17 heavy (non-hydrogen) atoms. The van der Waals surface area contributed by atoms with Crippen LogP contribution in [0.4, 0.5) is 14.5 Å². The van der Waals surface area contributed by atoms with Crippen LogP contribution in [0, 0.1) is 11.6 Å². The Balaban J connectivity index is 2.10. The first-order chi connectivity index (χ1) is 8.16. The number of benzene rings is 2. The summed E-state index contributed by atoms with van der Waals surface area (Å²) in [6.07, 6.45) is 0. The molecule has 0 unspecified atom stereocenters. The van der Waals surface area contributed by atoms with Gasteiger partial charge in [0, 0.05) is 16.6 Å². The Hall–Kier alpha value is -1.42. The van der Waals surface area contributed by atoms with Gasteiger partial charge in [-0.25, -0.2) is 8.78 Å². The fourth-order valence-electron chi connectivity index (χ4n) is 1.47. The average Bonchev–Trinajstić information content (AvgIpc) is 2.30. The van der Waals surface area contributed by atoms with Gasteiger partial charge in [-0.2, -0.15) is 0 Å². The average molecular weight is 298 g/mol. The maximum atomic E-state index is 13.5. The predicted octanol–water partition coefficient (Wildman–Crippen LogP) is 4.34. The van der Waals surface area contributed by atoms with Gasteiger partial charge < -0.3 is 5.32 Å². The summed E-state index contributed by atoms with van der Waals surface area (Å²) in [4.78, 5) is 0. The van der Waals surface area contributed by atoms with E-state index in [0.717, 1.165) is 0 Å². The second-order valence-electron chi connectivity index (χ2n) is 3.57. The van der Waals surface area contributed by atoms with Crippen LogP contribution in [0.25, 0.3) is 0 Å². The van der Waals surface area contributed by atoms with Crippen LogP contribution in [0.15, 0.2) is 46.9 Å². The molecule has 2 rings (SSSR count). The van der Waals surface area contributed by atoms with Crippen molar-refractivity contribution in [3.05, 3.63) is 64.1 Å². The van der Waals surface area contributed by atoms with Crippen molar-refractivity contribution in [1.82, 2.24) is 0 Å². The first-order valence-electron chi connectivity index (χ1n) is 5.09. The van der Waals surface area contributed by atoms with Gasteiger partial charge in [0.05, 0.1) is 5.69 Å². The van der Waals surface area contributed by atoms with Gasteiger partial charge in [0.2, 0.25) is 0 Å². The summed E-state index contributed by atoms with van der Waals surface area (Å²) in [5.74, 6) is -0.659. The van der Waals surface area contributed by atoms with E-state index in [1.807, 2.05) is 0 Å². The summed E-state index contributed by atoms with van der Waals surface area (Å²) in [5, 5.41) is 2.86. The Morgan fingerprint density at radius 3 is 2.47 bits per heavy atom. The van der Waals surface area contributed by atoms with E-state index in [4.69, 9.17) is 0 Å². The van der Waals surface area contributed by atoms with Crippen LogP contribution in [0.1, 0.15) is 5.56 Å². The van der Waals surface area contributed by atoms with Crippen molar-refractivity contribution in [2.45, 2.75) is 6.54 Å². The number of rotatable bonds is 3. The maximum Gasteiger partial charge on any atom is 0.147 e. The molecule has 0 radical (unpaired) electrons. The van der Waals surface area contributed by atoms with E-state index in [0.29, 0.717) is 15.7 Å². The fourth-order valence-corrected chi connectivity index (χ4v) is 1.80. The third-order valence-corrected chi connectivity index (χ3v) is 2.85. The van der Waals surface area contributed by atoms with Gasteiger partial charge >= 0.3 is 0 Å². The van der Waals surface area contributed by atoms with Crippen LogP contribution in [0.3, 0.4) is 0 Å². The minimum atomic E-state index is -0.365. The molecule has 88 valence electrons. The zero-order chi connectivity index (χ0) is 12.3. The van der Waals surface area contributed by atoms with Crippen molar-refractivity contribution in [3.8, 4) is 0 Å². The van der Waals surface area contributed by atoms with E-state index < -0.39 is 0 Å². The molecule has 0 aliphatic heterocycles. The lowest BCUT2D eigenvalue weighted by Gasteiger charge is -2.08.